The lowest BCUT2D eigenvalue weighted by molar-refractivity contribution is 0.138. The van der Waals surface area contributed by atoms with Gasteiger partial charge in [-0.3, -0.25) is 4.98 Å². The van der Waals surface area contributed by atoms with Gasteiger partial charge in [-0.15, -0.1) is 0 Å². The smallest absolute Gasteiger partial charge is 0.0890 e. The predicted molar refractivity (Wildman–Crippen MR) is 68.8 cm³/mol. The molecule has 2 aromatic rings. The lowest BCUT2D eigenvalue weighted by Crippen LogP contribution is -2.21. The summed E-state index contributed by atoms with van der Waals surface area (Å²) in [4.78, 5) is 8.99. The number of nitrogens with zero attached hydrogens (tertiary/aromatic N) is 2. The molecule has 2 atom stereocenters. The molecular weight excluding hydrogens is 212 g/mol. The number of aliphatic hydroxyl groups is 1. The molecule has 3 nitrogen and oxygen atoms in total. The highest BCUT2D eigenvalue weighted by Gasteiger charge is 2.22. The Morgan fingerprint density at radius 1 is 1.06 bits per heavy atom. The average Bonchev–Trinajstić information content (AvgIpc) is 2.28. The minimum absolute atomic E-state index is 0.0344. The number of fused-ring (bicyclic) bond motifs is 1. The summed E-state index contributed by atoms with van der Waals surface area (Å²) in [6, 6.07) is 7.79. The molecule has 0 aliphatic rings. The summed E-state index contributed by atoms with van der Waals surface area (Å²) in [5.74, 6) is 0.373. The highest BCUT2D eigenvalue weighted by Crippen LogP contribution is 2.27. The Morgan fingerprint density at radius 2 is 1.71 bits per heavy atom. The maximum absolute atomic E-state index is 9.84. The summed E-state index contributed by atoms with van der Waals surface area (Å²) in [6.07, 6.45) is 1.37. The summed E-state index contributed by atoms with van der Waals surface area (Å²) in [5, 5.41) is 9.84. The van der Waals surface area contributed by atoms with Crippen molar-refractivity contribution in [1.82, 2.24) is 9.97 Å². The summed E-state index contributed by atoms with van der Waals surface area (Å²) in [5.41, 5.74) is 2.65. The van der Waals surface area contributed by atoms with Gasteiger partial charge in [0.25, 0.3) is 0 Å². The Hall–Kier alpha value is -1.48. The predicted octanol–water partition coefficient (Wildman–Crippen LogP) is 2.75. The van der Waals surface area contributed by atoms with Crippen molar-refractivity contribution < 1.29 is 5.11 Å². The maximum Gasteiger partial charge on any atom is 0.0890 e. The van der Waals surface area contributed by atoms with Gasteiger partial charge in [0.05, 0.1) is 22.8 Å². The van der Waals surface area contributed by atoms with E-state index in [1.165, 1.54) is 0 Å². The monoisotopic (exact) mass is 230 g/mol. The third kappa shape index (κ3) is 2.44. The fourth-order valence-electron chi connectivity index (χ4n) is 2.28. The van der Waals surface area contributed by atoms with Crippen LogP contribution >= 0.6 is 0 Å². The molecule has 17 heavy (non-hydrogen) atoms. The van der Waals surface area contributed by atoms with Crippen LogP contribution in [0.25, 0.3) is 11.0 Å². The van der Waals surface area contributed by atoms with Crippen molar-refractivity contribution in [3.8, 4) is 0 Å². The fourth-order valence-corrected chi connectivity index (χ4v) is 2.28. The van der Waals surface area contributed by atoms with Gasteiger partial charge in [-0.25, -0.2) is 4.98 Å². The van der Waals surface area contributed by atoms with E-state index in [0.29, 0.717) is 5.92 Å². The minimum atomic E-state index is -0.412. The molecule has 2 rings (SSSR count). The van der Waals surface area contributed by atoms with E-state index >= 15 is 0 Å². The van der Waals surface area contributed by atoms with E-state index in [9.17, 15) is 5.11 Å². The van der Waals surface area contributed by atoms with Crippen LogP contribution in [0.3, 0.4) is 0 Å². The third-order valence-electron chi connectivity index (χ3n) is 3.05. The molecule has 0 aliphatic heterocycles. The Balaban J connectivity index is 2.47. The summed E-state index contributed by atoms with van der Waals surface area (Å²) < 4.78 is 0. The van der Waals surface area contributed by atoms with E-state index in [1.807, 2.05) is 31.2 Å². The second-order valence-corrected chi connectivity index (χ2v) is 4.79. The van der Waals surface area contributed by atoms with E-state index in [2.05, 4.69) is 23.8 Å². The topological polar surface area (TPSA) is 46.0 Å². The maximum atomic E-state index is 9.84. The minimum Gasteiger partial charge on any atom is -0.393 e. The highest BCUT2D eigenvalue weighted by atomic mass is 16.3. The van der Waals surface area contributed by atoms with Crippen LogP contribution in [0.15, 0.2) is 30.5 Å². The van der Waals surface area contributed by atoms with Gasteiger partial charge in [-0.1, -0.05) is 26.0 Å². The van der Waals surface area contributed by atoms with Crippen LogP contribution in [0, 0.1) is 5.92 Å². The van der Waals surface area contributed by atoms with Crippen molar-refractivity contribution in [2.24, 2.45) is 5.92 Å². The van der Waals surface area contributed by atoms with Crippen LogP contribution < -0.4 is 0 Å². The quantitative estimate of drug-likeness (QED) is 0.881. The summed E-state index contributed by atoms with van der Waals surface area (Å²) in [6.45, 7) is 5.99. The van der Waals surface area contributed by atoms with Crippen molar-refractivity contribution in [1.29, 1.82) is 0 Å². The van der Waals surface area contributed by atoms with Gasteiger partial charge in [0.1, 0.15) is 0 Å². The van der Waals surface area contributed by atoms with Crippen molar-refractivity contribution >= 4 is 11.0 Å². The van der Waals surface area contributed by atoms with Crippen molar-refractivity contribution in [2.45, 2.75) is 32.8 Å². The number of hydrogen-bond donors (Lipinski definition) is 1. The molecule has 0 saturated carbocycles. The van der Waals surface area contributed by atoms with Gasteiger partial charge in [0.15, 0.2) is 0 Å². The van der Waals surface area contributed by atoms with E-state index in [0.717, 1.165) is 16.7 Å². The van der Waals surface area contributed by atoms with Gasteiger partial charge in [0, 0.05) is 12.1 Å². The molecule has 0 radical (unpaired) electrons. The molecule has 1 N–H and O–H groups in total. The van der Waals surface area contributed by atoms with Crippen molar-refractivity contribution in [2.75, 3.05) is 0 Å². The van der Waals surface area contributed by atoms with Crippen LogP contribution in [0.2, 0.25) is 0 Å². The number of para-hydroxylation sites is 2. The van der Waals surface area contributed by atoms with Crippen LogP contribution in [0.4, 0.5) is 0 Å². The number of rotatable bonds is 3. The Bertz CT molecular complexity index is 500. The highest BCUT2D eigenvalue weighted by molar-refractivity contribution is 5.73. The fraction of sp³-hybridized carbons (Fsp3) is 0.429. The Kier molecular flexibility index (Phi) is 3.38. The Labute approximate surface area is 102 Å². The van der Waals surface area contributed by atoms with Gasteiger partial charge >= 0.3 is 0 Å². The average molecular weight is 230 g/mol. The van der Waals surface area contributed by atoms with Crippen molar-refractivity contribution in [3.63, 3.8) is 0 Å². The van der Waals surface area contributed by atoms with Crippen LogP contribution in [-0.4, -0.2) is 21.2 Å². The molecular formula is C14H18N2O. The molecule has 90 valence electrons. The SMILES string of the molecule is CC(C)C(c1cnc2ccccc2n1)C(C)O. The van der Waals surface area contributed by atoms with E-state index in [1.54, 1.807) is 6.20 Å². The molecule has 1 aromatic heterocycles. The van der Waals surface area contributed by atoms with Gasteiger partial charge < -0.3 is 5.11 Å². The first kappa shape index (κ1) is 12.0. The molecule has 0 amide bonds. The molecule has 3 heteroatoms. The molecule has 0 bridgehead atoms. The lowest BCUT2D eigenvalue weighted by atomic mass is 9.88. The van der Waals surface area contributed by atoms with E-state index in [4.69, 9.17) is 0 Å². The normalized spacial score (nSPS) is 15.1. The summed E-state index contributed by atoms with van der Waals surface area (Å²) in [7, 11) is 0. The first-order chi connectivity index (χ1) is 8.09. The molecule has 1 aromatic carbocycles. The zero-order valence-corrected chi connectivity index (χ0v) is 10.5. The standard InChI is InChI=1S/C14H18N2O/c1-9(2)14(10(3)17)13-8-15-11-6-4-5-7-12(11)16-13/h4-10,14,17H,1-3H3. The zero-order chi connectivity index (χ0) is 12.4. The second kappa shape index (κ2) is 4.80. The molecule has 2 unspecified atom stereocenters. The molecule has 0 saturated heterocycles. The number of hydrogen-bond acceptors (Lipinski definition) is 3. The van der Waals surface area contributed by atoms with Gasteiger partial charge in [0.2, 0.25) is 0 Å². The number of aliphatic hydroxyl groups excluding tert-OH is 1. The van der Waals surface area contributed by atoms with E-state index in [-0.39, 0.29) is 5.92 Å². The van der Waals surface area contributed by atoms with Crippen LogP contribution in [-0.2, 0) is 0 Å². The summed E-state index contributed by atoms with van der Waals surface area (Å²) >= 11 is 0. The first-order valence-electron chi connectivity index (χ1n) is 5.99. The van der Waals surface area contributed by atoms with Crippen molar-refractivity contribution in [3.05, 3.63) is 36.2 Å². The number of benzene rings is 1. The first-order valence-corrected chi connectivity index (χ1v) is 5.99. The van der Waals surface area contributed by atoms with E-state index < -0.39 is 6.10 Å². The Morgan fingerprint density at radius 3 is 2.29 bits per heavy atom. The van der Waals surface area contributed by atoms with Crippen LogP contribution in [0.5, 0.6) is 0 Å². The van der Waals surface area contributed by atoms with Gasteiger partial charge in [-0.05, 0) is 25.0 Å². The molecule has 0 fully saturated rings. The third-order valence-corrected chi connectivity index (χ3v) is 3.05. The largest absolute Gasteiger partial charge is 0.393 e. The lowest BCUT2D eigenvalue weighted by Gasteiger charge is -2.23. The molecule has 0 spiro atoms. The molecule has 1 heterocycles. The van der Waals surface area contributed by atoms with Gasteiger partial charge in [-0.2, -0.15) is 0 Å². The van der Waals surface area contributed by atoms with Crippen LogP contribution in [0.1, 0.15) is 32.4 Å². The zero-order valence-electron chi connectivity index (χ0n) is 10.5. The number of aromatic nitrogens is 2. The molecule has 0 aliphatic carbocycles. The second-order valence-electron chi connectivity index (χ2n) is 4.79.